The lowest BCUT2D eigenvalue weighted by Crippen LogP contribution is -2.44. The molecule has 0 aliphatic carbocycles. The van der Waals surface area contributed by atoms with Gasteiger partial charge in [0, 0.05) is 68.7 Å². The van der Waals surface area contributed by atoms with Gasteiger partial charge in [0.2, 0.25) is 5.91 Å². The highest BCUT2D eigenvalue weighted by atomic mass is 35.5. The second kappa shape index (κ2) is 19.1. The summed E-state index contributed by atoms with van der Waals surface area (Å²) >= 11 is 6.89. The molecule has 3 aromatic carbocycles. The summed E-state index contributed by atoms with van der Waals surface area (Å²) in [4.78, 5) is 20.5. The van der Waals surface area contributed by atoms with E-state index >= 15 is 0 Å². The van der Waals surface area contributed by atoms with Gasteiger partial charge in [-0.2, -0.15) is 5.26 Å². The van der Waals surface area contributed by atoms with Crippen molar-refractivity contribution in [3.05, 3.63) is 105 Å². The van der Waals surface area contributed by atoms with Crippen LogP contribution in [-0.2, 0) is 24.6 Å². The molecule has 10 heteroatoms. The SMILES string of the molecule is CC(=O)NC1CCN(CCCOc2cccc(-c3cccc(COc4cc(OCc5cncc(C#N)c5)c(CN5CCCCC5)cc4Cl)c3C)c2C)CC1. The molecule has 284 valence electrons. The molecule has 2 fully saturated rings. The number of ether oxygens (including phenoxy) is 3. The third kappa shape index (κ3) is 10.5. The molecule has 6 rings (SSSR count). The van der Waals surface area contributed by atoms with E-state index < -0.39 is 0 Å². The Kier molecular flexibility index (Phi) is 13.8. The van der Waals surface area contributed by atoms with E-state index in [9.17, 15) is 10.1 Å². The molecule has 0 atom stereocenters. The maximum absolute atomic E-state index is 11.4. The lowest BCUT2D eigenvalue weighted by molar-refractivity contribution is -0.119. The van der Waals surface area contributed by atoms with Crippen LogP contribution in [0.25, 0.3) is 11.1 Å². The van der Waals surface area contributed by atoms with Gasteiger partial charge < -0.3 is 24.4 Å². The van der Waals surface area contributed by atoms with Crippen molar-refractivity contribution in [3.8, 4) is 34.4 Å². The molecule has 9 nitrogen and oxygen atoms in total. The van der Waals surface area contributed by atoms with Gasteiger partial charge in [0.25, 0.3) is 0 Å². The Labute approximate surface area is 325 Å². The van der Waals surface area contributed by atoms with Gasteiger partial charge in [-0.15, -0.1) is 0 Å². The number of likely N-dealkylation sites (tertiary alicyclic amines) is 2. The van der Waals surface area contributed by atoms with Crippen molar-refractivity contribution in [2.24, 2.45) is 0 Å². The molecule has 3 heterocycles. The zero-order chi connectivity index (χ0) is 37.9. The van der Waals surface area contributed by atoms with Gasteiger partial charge in [0.15, 0.2) is 0 Å². The first-order valence-electron chi connectivity index (χ1n) is 19.2. The number of hydrogen-bond donors (Lipinski definition) is 1. The van der Waals surface area contributed by atoms with Crippen molar-refractivity contribution >= 4 is 17.5 Å². The topological polar surface area (TPSA) is 100.0 Å². The summed E-state index contributed by atoms with van der Waals surface area (Å²) in [6.45, 7) is 13.0. The number of halogens is 1. The van der Waals surface area contributed by atoms with Crippen molar-refractivity contribution < 1.29 is 19.0 Å². The number of aromatic nitrogens is 1. The molecule has 0 saturated carbocycles. The summed E-state index contributed by atoms with van der Waals surface area (Å²) in [7, 11) is 0. The number of nitriles is 1. The number of piperidine rings is 2. The van der Waals surface area contributed by atoms with Crippen LogP contribution in [0.1, 0.15) is 78.8 Å². The Hall–Kier alpha value is -4.62. The highest BCUT2D eigenvalue weighted by Crippen LogP contribution is 2.37. The molecule has 2 aliphatic rings. The summed E-state index contributed by atoms with van der Waals surface area (Å²) < 4.78 is 19.1. The van der Waals surface area contributed by atoms with Crippen LogP contribution in [0.5, 0.6) is 17.2 Å². The molecular weight excluding hydrogens is 698 g/mol. The smallest absolute Gasteiger partial charge is 0.217 e. The molecule has 1 amide bonds. The van der Waals surface area contributed by atoms with Crippen molar-refractivity contribution in [3.63, 3.8) is 0 Å². The fraction of sp³-hybridized carbons (Fsp3) is 0.432. The number of rotatable bonds is 15. The minimum atomic E-state index is 0.0553. The third-order valence-corrected chi connectivity index (χ3v) is 10.8. The summed E-state index contributed by atoms with van der Waals surface area (Å²) in [6, 6.07) is 20.7. The summed E-state index contributed by atoms with van der Waals surface area (Å²) in [6.07, 6.45) is 9.86. The van der Waals surface area contributed by atoms with Crippen LogP contribution in [0, 0.1) is 25.2 Å². The lowest BCUT2D eigenvalue weighted by atomic mass is 9.93. The Bertz CT molecular complexity index is 1930. The maximum atomic E-state index is 11.4. The molecule has 1 N–H and O–H groups in total. The number of amides is 1. The molecule has 54 heavy (non-hydrogen) atoms. The van der Waals surface area contributed by atoms with Crippen LogP contribution in [0.2, 0.25) is 5.02 Å². The number of benzene rings is 3. The van der Waals surface area contributed by atoms with Gasteiger partial charge in [0.1, 0.15) is 36.5 Å². The lowest BCUT2D eigenvalue weighted by Gasteiger charge is -2.32. The van der Waals surface area contributed by atoms with Gasteiger partial charge >= 0.3 is 0 Å². The number of carbonyl (C=O) groups excluding carboxylic acids is 1. The summed E-state index contributed by atoms with van der Waals surface area (Å²) in [5, 5.41) is 12.9. The zero-order valence-electron chi connectivity index (χ0n) is 31.8. The molecule has 1 aromatic heterocycles. The highest BCUT2D eigenvalue weighted by Gasteiger charge is 2.20. The number of hydrogen-bond acceptors (Lipinski definition) is 8. The number of nitrogens with zero attached hydrogens (tertiary/aromatic N) is 4. The van der Waals surface area contributed by atoms with E-state index in [1.54, 1.807) is 25.4 Å². The van der Waals surface area contributed by atoms with E-state index in [0.717, 1.165) is 103 Å². The largest absolute Gasteiger partial charge is 0.493 e. The van der Waals surface area contributed by atoms with Crippen molar-refractivity contribution in [2.75, 3.05) is 39.3 Å². The van der Waals surface area contributed by atoms with E-state index in [-0.39, 0.29) is 12.5 Å². The van der Waals surface area contributed by atoms with Crippen LogP contribution in [0.15, 0.2) is 67.0 Å². The van der Waals surface area contributed by atoms with E-state index in [2.05, 4.69) is 70.3 Å². The van der Waals surface area contributed by atoms with Gasteiger partial charge in [-0.25, -0.2) is 0 Å². The molecule has 0 unspecified atom stereocenters. The van der Waals surface area contributed by atoms with E-state index in [1.165, 1.54) is 19.3 Å². The Morgan fingerprint density at radius 1 is 0.852 bits per heavy atom. The molecule has 2 saturated heterocycles. The van der Waals surface area contributed by atoms with E-state index in [1.807, 2.05) is 18.2 Å². The van der Waals surface area contributed by atoms with Gasteiger partial charge in [0.05, 0.1) is 17.2 Å². The first-order chi connectivity index (χ1) is 26.3. The van der Waals surface area contributed by atoms with Crippen molar-refractivity contribution in [1.29, 1.82) is 5.26 Å². The molecule has 2 aliphatic heterocycles. The molecule has 4 aromatic rings. The van der Waals surface area contributed by atoms with Gasteiger partial charge in [-0.05, 0) is 105 Å². The number of nitrogens with one attached hydrogen (secondary N) is 1. The van der Waals surface area contributed by atoms with Crippen molar-refractivity contribution in [1.82, 2.24) is 20.1 Å². The predicted octanol–water partition coefficient (Wildman–Crippen LogP) is 8.40. The van der Waals surface area contributed by atoms with Gasteiger partial charge in [-0.3, -0.25) is 14.7 Å². The molecule has 0 bridgehead atoms. The normalized spacial score (nSPS) is 15.4. The average molecular weight is 750 g/mol. The van der Waals surface area contributed by atoms with Crippen LogP contribution in [0.4, 0.5) is 0 Å². The second-order valence-electron chi connectivity index (χ2n) is 14.5. The first kappa shape index (κ1) is 39.1. The van der Waals surface area contributed by atoms with Crippen LogP contribution in [-0.4, -0.2) is 66.1 Å². The summed E-state index contributed by atoms with van der Waals surface area (Å²) in [5.74, 6) is 2.23. The number of pyridine rings is 1. The minimum absolute atomic E-state index is 0.0553. The van der Waals surface area contributed by atoms with Crippen LogP contribution >= 0.6 is 11.6 Å². The average Bonchev–Trinajstić information content (AvgIpc) is 3.18. The highest BCUT2D eigenvalue weighted by molar-refractivity contribution is 6.32. The van der Waals surface area contributed by atoms with Crippen molar-refractivity contribution in [2.45, 2.75) is 85.1 Å². The first-order valence-corrected chi connectivity index (χ1v) is 19.6. The molecule has 0 radical (unpaired) electrons. The fourth-order valence-electron chi connectivity index (χ4n) is 7.50. The predicted molar refractivity (Wildman–Crippen MR) is 213 cm³/mol. The molecular formula is C44H52ClN5O4. The quantitative estimate of drug-likeness (QED) is 0.121. The summed E-state index contributed by atoms with van der Waals surface area (Å²) in [5.41, 5.74) is 7.93. The minimum Gasteiger partial charge on any atom is -0.493 e. The van der Waals surface area contributed by atoms with E-state index in [4.69, 9.17) is 25.8 Å². The maximum Gasteiger partial charge on any atom is 0.217 e. The second-order valence-corrected chi connectivity index (χ2v) is 14.9. The van der Waals surface area contributed by atoms with Gasteiger partial charge in [-0.1, -0.05) is 48.4 Å². The van der Waals surface area contributed by atoms with Crippen LogP contribution in [0.3, 0.4) is 0 Å². The Morgan fingerprint density at radius 2 is 1.59 bits per heavy atom. The fourth-order valence-corrected chi connectivity index (χ4v) is 7.74. The van der Waals surface area contributed by atoms with Crippen LogP contribution < -0.4 is 19.5 Å². The monoisotopic (exact) mass is 749 g/mol. The third-order valence-electron chi connectivity index (χ3n) is 10.6. The molecule has 0 spiro atoms. The Morgan fingerprint density at radius 3 is 2.35 bits per heavy atom. The standard InChI is InChI=1S/C44H52ClN5O4/c1-31-36(10-7-11-39(31)40-12-8-13-42(32(40)2)52-21-9-18-49-19-14-38(15-20-49)48-33(3)51)30-54-44-24-43(53-29-35-22-34(25-46)26-47-27-35)37(23-41(44)45)28-50-16-5-4-6-17-50/h7-8,10-13,22-24,26-27,38H,4-6,9,14-21,28-30H2,1-3H3,(H,48,51). The van der Waals surface area contributed by atoms with E-state index in [0.29, 0.717) is 41.3 Å². The zero-order valence-corrected chi connectivity index (χ0v) is 32.6. The number of carbonyl (C=O) groups is 1. The Balaban J connectivity index is 1.11.